The van der Waals surface area contributed by atoms with Crippen molar-refractivity contribution in [2.24, 2.45) is 5.10 Å². The average Bonchev–Trinajstić information content (AvgIpc) is 3.27. The number of benzene rings is 4. The summed E-state index contributed by atoms with van der Waals surface area (Å²) in [6.07, 6.45) is 0. The third-order valence-corrected chi connectivity index (χ3v) is 7.17. The Morgan fingerprint density at radius 2 is 1.54 bits per heavy atom. The van der Waals surface area contributed by atoms with Crippen LogP contribution in [0.5, 0.6) is 5.75 Å². The monoisotopic (exact) mass is 549 g/mol. The fourth-order valence-corrected chi connectivity index (χ4v) is 5.47. The van der Waals surface area contributed by atoms with E-state index in [1.807, 2.05) is 128 Å². The quantitative estimate of drug-likeness (QED) is 0.206. The highest BCUT2D eigenvalue weighted by Gasteiger charge is 2.59. The number of fused-ring (bicyclic) bond motifs is 1. The van der Waals surface area contributed by atoms with Crippen LogP contribution in [0.15, 0.2) is 102 Å². The number of ether oxygens (including phenoxy) is 1. The zero-order valence-electron chi connectivity index (χ0n) is 23.9. The van der Waals surface area contributed by atoms with Crippen molar-refractivity contribution in [3.63, 3.8) is 0 Å². The summed E-state index contributed by atoms with van der Waals surface area (Å²) < 4.78 is 6.08. The van der Waals surface area contributed by atoms with E-state index in [0.29, 0.717) is 42.5 Å². The molecule has 1 unspecified atom stereocenters. The molecule has 210 valence electrons. The summed E-state index contributed by atoms with van der Waals surface area (Å²) in [5, 5.41) is 15.3. The van der Waals surface area contributed by atoms with Gasteiger partial charge in [-0.15, -0.1) is 0 Å². The van der Waals surface area contributed by atoms with E-state index in [-0.39, 0.29) is 5.91 Å². The second-order valence-electron chi connectivity index (χ2n) is 9.67. The number of hydrazine groups is 1. The fourth-order valence-electron chi connectivity index (χ4n) is 5.47. The van der Waals surface area contributed by atoms with Crippen LogP contribution in [0.4, 0.5) is 11.4 Å². The number of rotatable bonds is 10. The van der Waals surface area contributed by atoms with Gasteiger partial charge >= 0.3 is 5.91 Å². The lowest BCUT2D eigenvalue weighted by atomic mass is 9.91. The van der Waals surface area contributed by atoms with Gasteiger partial charge in [-0.05, 0) is 42.0 Å². The van der Waals surface area contributed by atoms with Crippen LogP contribution in [0.2, 0.25) is 0 Å². The second kappa shape index (κ2) is 11.8. The first-order chi connectivity index (χ1) is 20.0. The van der Waals surface area contributed by atoms with Crippen molar-refractivity contribution in [1.29, 1.82) is 0 Å². The number of amides is 2. The lowest BCUT2D eigenvalue weighted by Gasteiger charge is -2.47. The van der Waals surface area contributed by atoms with E-state index in [2.05, 4.69) is 5.32 Å². The number of hydrogen-bond donors (Lipinski definition) is 1. The summed E-state index contributed by atoms with van der Waals surface area (Å²) in [4.78, 5) is 28.2. The maximum absolute atomic E-state index is 15.0. The standard InChI is InChI=1S/C33H35N5O3/c1-5-36(6-2)38(29-22-13-14-23-30(29)41-7-3)33(34-24(4)39)31(28-21-15-17-25-16-11-12-20-27(25)28)35-37(32(33)40)26-18-9-8-10-19-26/h8-23H,5-7H2,1-4H3,(H,34,39). The van der Waals surface area contributed by atoms with Crippen molar-refractivity contribution in [2.75, 3.05) is 29.7 Å². The molecule has 0 spiro atoms. The van der Waals surface area contributed by atoms with Crippen molar-refractivity contribution in [2.45, 2.75) is 33.4 Å². The lowest BCUT2D eigenvalue weighted by Crippen LogP contribution is -2.73. The van der Waals surface area contributed by atoms with Gasteiger partial charge in [-0.3, -0.25) is 14.6 Å². The Balaban J connectivity index is 1.89. The number of hydrazone groups is 1. The first kappa shape index (κ1) is 27.9. The predicted octanol–water partition coefficient (Wildman–Crippen LogP) is 5.59. The van der Waals surface area contributed by atoms with Crippen LogP contribution >= 0.6 is 0 Å². The molecule has 2 amide bonds. The molecule has 4 aromatic carbocycles. The molecule has 41 heavy (non-hydrogen) atoms. The Hall–Kier alpha value is -4.69. The minimum Gasteiger partial charge on any atom is -0.492 e. The van der Waals surface area contributed by atoms with Crippen LogP contribution in [0, 0.1) is 0 Å². The largest absolute Gasteiger partial charge is 0.492 e. The Labute approximate surface area is 240 Å². The number of hydrogen-bond acceptors (Lipinski definition) is 6. The first-order valence-electron chi connectivity index (χ1n) is 14.0. The Bertz CT molecular complexity index is 1580. The first-order valence-corrected chi connectivity index (χ1v) is 14.0. The number of nitrogens with one attached hydrogen (secondary N) is 1. The van der Waals surface area contributed by atoms with E-state index < -0.39 is 11.6 Å². The summed E-state index contributed by atoms with van der Waals surface area (Å²) in [7, 11) is 0. The topological polar surface area (TPSA) is 77.5 Å². The van der Waals surface area contributed by atoms with Crippen molar-refractivity contribution >= 4 is 39.7 Å². The molecule has 4 aromatic rings. The maximum Gasteiger partial charge on any atom is 0.302 e. The molecule has 1 aliphatic rings. The van der Waals surface area contributed by atoms with Gasteiger partial charge < -0.3 is 10.1 Å². The third kappa shape index (κ3) is 4.91. The highest BCUT2D eigenvalue weighted by atomic mass is 16.5. The summed E-state index contributed by atoms with van der Waals surface area (Å²) in [5.74, 6) is -0.179. The van der Waals surface area contributed by atoms with Gasteiger partial charge in [0.1, 0.15) is 11.5 Å². The molecule has 1 heterocycles. The molecular weight excluding hydrogens is 514 g/mol. The normalized spacial score (nSPS) is 16.7. The van der Waals surface area contributed by atoms with Crippen molar-refractivity contribution < 1.29 is 14.3 Å². The number of carbonyl (C=O) groups excluding carboxylic acids is 2. The van der Waals surface area contributed by atoms with Gasteiger partial charge in [0.25, 0.3) is 5.66 Å². The third-order valence-electron chi connectivity index (χ3n) is 7.17. The Morgan fingerprint density at radius 1 is 0.878 bits per heavy atom. The fraction of sp³-hybridized carbons (Fsp3) is 0.242. The number of carbonyl (C=O) groups is 2. The van der Waals surface area contributed by atoms with E-state index in [1.165, 1.54) is 11.9 Å². The van der Waals surface area contributed by atoms with E-state index in [4.69, 9.17) is 9.84 Å². The van der Waals surface area contributed by atoms with Crippen LogP contribution in [-0.2, 0) is 9.59 Å². The van der Waals surface area contributed by atoms with Crippen molar-refractivity contribution in [3.05, 3.63) is 103 Å². The molecule has 8 heteroatoms. The van der Waals surface area contributed by atoms with Crippen LogP contribution in [0.1, 0.15) is 33.3 Å². The molecule has 0 aliphatic carbocycles. The smallest absolute Gasteiger partial charge is 0.302 e. The molecule has 1 N–H and O–H groups in total. The van der Waals surface area contributed by atoms with Crippen molar-refractivity contribution in [1.82, 2.24) is 10.3 Å². The zero-order valence-corrected chi connectivity index (χ0v) is 23.9. The highest BCUT2D eigenvalue weighted by Crippen LogP contribution is 2.41. The Kier molecular flexibility index (Phi) is 8.03. The molecule has 1 aliphatic heterocycles. The minimum atomic E-state index is -1.73. The molecule has 0 saturated carbocycles. The molecule has 1 atom stereocenters. The number of nitrogens with zero attached hydrogens (tertiary/aromatic N) is 4. The number of para-hydroxylation sites is 3. The second-order valence-corrected chi connectivity index (χ2v) is 9.67. The molecule has 5 rings (SSSR count). The molecule has 0 saturated heterocycles. The summed E-state index contributed by atoms with van der Waals surface area (Å²) >= 11 is 0. The van der Waals surface area contributed by atoms with Crippen LogP contribution in [0.25, 0.3) is 10.8 Å². The molecule has 0 fully saturated rings. The molecule has 0 aromatic heterocycles. The van der Waals surface area contributed by atoms with E-state index in [1.54, 1.807) is 0 Å². The summed E-state index contributed by atoms with van der Waals surface area (Å²) in [6.45, 7) is 8.93. The molecular formula is C33H35N5O3. The van der Waals surface area contributed by atoms with Gasteiger partial charge in [0.15, 0.2) is 0 Å². The average molecular weight is 550 g/mol. The minimum absolute atomic E-state index is 0.368. The molecule has 0 bridgehead atoms. The number of anilines is 2. The Morgan fingerprint density at radius 3 is 2.24 bits per heavy atom. The van der Waals surface area contributed by atoms with Crippen molar-refractivity contribution in [3.8, 4) is 5.75 Å². The van der Waals surface area contributed by atoms with Gasteiger partial charge in [-0.25, -0.2) is 5.01 Å². The predicted molar refractivity (Wildman–Crippen MR) is 164 cm³/mol. The van der Waals surface area contributed by atoms with Crippen LogP contribution in [-0.4, -0.2) is 47.9 Å². The van der Waals surface area contributed by atoms with Crippen LogP contribution in [0.3, 0.4) is 0 Å². The van der Waals surface area contributed by atoms with Gasteiger partial charge in [-0.1, -0.05) is 86.6 Å². The van der Waals surface area contributed by atoms with Gasteiger partial charge in [-0.2, -0.15) is 10.1 Å². The summed E-state index contributed by atoms with van der Waals surface area (Å²) in [6, 6.07) is 30.8. The molecule has 0 radical (unpaired) electrons. The van der Waals surface area contributed by atoms with Gasteiger partial charge in [0.2, 0.25) is 5.91 Å². The zero-order chi connectivity index (χ0) is 29.0. The van der Waals surface area contributed by atoms with Crippen LogP contribution < -0.4 is 20.1 Å². The lowest BCUT2D eigenvalue weighted by molar-refractivity contribution is -0.129. The van der Waals surface area contributed by atoms with Gasteiger partial charge in [0.05, 0.1) is 18.0 Å². The van der Waals surface area contributed by atoms with E-state index in [9.17, 15) is 9.59 Å². The highest BCUT2D eigenvalue weighted by molar-refractivity contribution is 6.33. The summed E-state index contributed by atoms with van der Waals surface area (Å²) in [5.41, 5.74) is 0.666. The molecule has 8 nitrogen and oxygen atoms in total. The SMILES string of the molecule is CCOc1ccccc1N(N(CC)CC)C1(NC(C)=O)C(=O)N(c2ccccc2)N=C1c1cccc2ccccc12. The van der Waals surface area contributed by atoms with E-state index in [0.717, 1.165) is 16.3 Å². The maximum atomic E-state index is 15.0. The van der Waals surface area contributed by atoms with E-state index >= 15 is 0 Å². The van der Waals surface area contributed by atoms with Gasteiger partial charge in [0, 0.05) is 25.6 Å².